The van der Waals surface area contributed by atoms with Crippen LogP contribution in [0.3, 0.4) is 0 Å². The zero-order chi connectivity index (χ0) is 18.8. The molecule has 0 fully saturated rings. The number of fused-ring (bicyclic) bond motifs is 1. The molecular weight excluding hydrogens is 368 g/mol. The first kappa shape index (κ1) is 17.2. The van der Waals surface area contributed by atoms with Crippen LogP contribution in [0.4, 0.5) is 16.2 Å². The number of aromatic nitrogens is 2. The first-order chi connectivity index (χ1) is 13.1. The number of amides is 2. The Morgan fingerprint density at radius 1 is 1.19 bits per heavy atom. The molecule has 2 heterocycles. The molecule has 4 rings (SSSR count). The average molecular weight is 385 g/mol. The second-order valence-corrected chi connectivity index (χ2v) is 6.37. The van der Waals surface area contributed by atoms with E-state index in [1.54, 1.807) is 24.3 Å². The SMILES string of the molecule is CCc1[nH]nc(-c2ccc3c(c2)OCO3)c1NC(=O)Nc1cccc(Cl)c1. The molecule has 1 aliphatic rings. The van der Waals surface area contributed by atoms with Gasteiger partial charge in [0, 0.05) is 16.3 Å². The number of rotatable bonds is 4. The van der Waals surface area contributed by atoms with Gasteiger partial charge in [0.2, 0.25) is 6.79 Å². The summed E-state index contributed by atoms with van der Waals surface area (Å²) in [6.07, 6.45) is 0.685. The van der Waals surface area contributed by atoms with Crippen LogP contribution in [0.1, 0.15) is 12.6 Å². The van der Waals surface area contributed by atoms with Gasteiger partial charge in [-0.2, -0.15) is 5.10 Å². The van der Waals surface area contributed by atoms with Crippen molar-refractivity contribution in [3.8, 4) is 22.8 Å². The van der Waals surface area contributed by atoms with E-state index in [2.05, 4.69) is 20.8 Å². The number of carbonyl (C=O) groups is 1. The van der Waals surface area contributed by atoms with Gasteiger partial charge in [-0.3, -0.25) is 5.10 Å². The maximum Gasteiger partial charge on any atom is 0.323 e. The fraction of sp³-hybridized carbons (Fsp3) is 0.158. The number of halogens is 1. The van der Waals surface area contributed by atoms with Gasteiger partial charge in [0.1, 0.15) is 5.69 Å². The van der Waals surface area contributed by atoms with Gasteiger partial charge in [-0.15, -0.1) is 0 Å². The highest BCUT2D eigenvalue weighted by Gasteiger charge is 2.20. The second-order valence-electron chi connectivity index (χ2n) is 5.94. The highest BCUT2D eigenvalue weighted by molar-refractivity contribution is 6.30. The van der Waals surface area contributed by atoms with Gasteiger partial charge in [0.05, 0.1) is 11.4 Å². The van der Waals surface area contributed by atoms with Crippen LogP contribution in [-0.4, -0.2) is 23.0 Å². The van der Waals surface area contributed by atoms with Crippen molar-refractivity contribution in [2.24, 2.45) is 0 Å². The third-order valence-corrected chi connectivity index (χ3v) is 4.40. The fourth-order valence-corrected chi connectivity index (χ4v) is 3.05. The Hall–Kier alpha value is -3.19. The van der Waals surface area contributed by atoms with E-state index in [0.717, 1.165) is 11.3 Å². The number of anilines is 2. The highest BCUT2D eigenvalue weighted by Crippen LogP contribution is 2.38. The van der Waals surface area contributed by atoms with E-state index < -0.39 is 0 Å². The summed E-state index contributed by atoms with van der Waals surface area (Å²) >= 11 is 5.96. The van der Waals surface area contributed by atoms with Crippen molar-refractivity contribution in [2.75, 3.05) is 17.4 Å². The zero-order valence-corrected chi connectivity index (χ0v) is 15.3. The predicted molar refractivity (Wildman–Crippen MR) is 104 cm³/mol. The molecule has 27 heavy (non-hydrogen) atoms. The van der Waals surface area contributed by atoms with Crippen molar-refractivity contribution in [3.63, 3.8) is 0 Å². The van der Waals surface area contributed by atoms with Crippen LogP contribution in [-0.2, 0) is 6.42 Å². The predicted octanol–water partition coefficient (Wildman–Crippen LogP) is 4.67. The number of hydrogen-bond donors (Lipinski definition) is 3. The molecular formula is C19H17ClN4O3. The minimum Gasteiger partial charge on any atom is -0.454 e. The minimum atomic E-state index is -0.379. The molecule has 0 saturated heterocycles. The summed E-state index contributed by atoms with van der Waals surface area (Å²) in [5.41, 5.74) is 3.49. The van der Waals surface area contributed by atoms with Crippen LogP contribution in [0.2, 0.25) is 5.02 Å². The molecule has 138 valence electrons. The Kier molecular flexibility index (Phi) is 4.60. The number of nitrogens with zero attached hydrogens (tertiary/aromatic N) is 1. The Bertz CT molecular complexity index is 1000. The van der Waals surface area contributed by atoms with Gasteiger partial charge in [-0.05, 0) is 42.8 Å². The Labute approximate surface area is 160 Å². The standard InChI is InChI=1S/C19H17ClN4O3/c1-2-14-18(22-19(25)21-13-5-3-4-12(20)9-13)17(24-23-14)11-6-7-15-16(8-11)27-10-26-15/h3-9H,2,10H2,1H3,(H,23,24)(H2,21,22,25). The summed E-state index contributed by atoms with van der Waals surface area (Å²) in [6.45, 7) is 2.18. The van der Waals surface area contributed by atoms with Gasteiger partial charge in [-0.25, -0.2) is 4.79 Å². The van der Waals surface area contributed by atoms with E-state index in [4.69, 9.17) is 21.1 Å². The van der Waals surface area contributed by atoms with Crippen molar-refractivity contribution < 1.29 is 14.3 Å². The van der Waals surface area contributed by atoms with Crippen LogP contribution in [0.25, 0.3) is 11.3 Å². The summed E-state index contributed by atoms with van der Waals surface area (Å²) in [5, 5.41) is 13.6. The topological polar surface area (TPSA) is 88.3 Å². The lowest BCUT2D eigenvalue weighted by Crippen LogP contribution is -2.20. The summed E-state index contributed by atoms with van der Waals surface area (Å²) in [7, 11) is 0. The van der Waals surface area contributed by atoms with Crippen molar-refractivity contribution in [2.45, 2.75) is 13.3 Å². The monoisotopic (exact) mass is 384 g/mol. The third kappa shape index (κ3) is 3.54. The number of ether oxygens (including phenoxy) is 2. The molecule has 0 unspecified atom stereocenters. The molecule has 0 saturated carbocycles. The lowest BCUT2D eigenvalue weighted by Gasteiger charge is -2.10. The van der Waals surface area contributed by atoms with E-state index in [1.807, 2.05) is 25.1 Å². The van der Waals surface area contributed by atoms with E-state index in [0.29, 0.717) is 40.0 Å². The smallest absolute Gasteiger partial charge is 0.323 e. The van der Waals surface area contributed by atoms with E-state index >= 15 is 0 Å². The quantitative estimate of drug-likeness (QED) is 0.610. The summed E-state index contributed by atoms with van der Waals surface area (Å²) in [4.78, 5) is 12.5. The van der Waals surface area contributed by atoms with E-state index in [-0.39, 0.29) is 12.8 Å². The van der Waals surface area contributed by atoms with Crippen LogP contribution in [0.5, 0.6) is 11.5 Å². The van der Waals surface area contributed by atoms with Crippen LogP contribution >= 0.6 is 11.6 Å². The number of nitrogens with one attached hydrogen (secondary N) is 3. The number of hydrogen-bond acceptors (Lipinski definition) is 4. The second kappa shape index (κ2) is 7.20. The molecule has 0 spiro atoms. The number of carbonyl (C=O) groups excluding carboxylic acids is 1. The minimum absolute atomic E-state index is 0.201. The molecule has 2 aromatic carbocycles. The molecule has 1 aliphatic heterocycles. The van der Waals surface area contributed by atoms with Crippen molar-refractivity contribution in [1.82, 2.24) is 10.2 Å². The Morgan fingerprint density at radius 2 is 2.04 bits per heavy atom. The maximum absolute atomic E-state index is 12.5. The van der Waals surface area contributed by atoms with Crippen molar-refractivity contribution in [3.05, 3.63) is 53.2 Å². The Balaban J connectivity index is 1.60. The number of benzene rings is 2. The molecule has 0 radical (unpaired) electrons. The molecule has 1 aromatic heterocycles. The van der Waals surface area contributed by atoms with Crippen LogP contribution in [0, 0.1) is 0 Å². The van der Waals surface area contributed by atoms with Gasteiger partial charge < -0.3 is 20.1 Å². The summed E-state index contributed by atoms with van der Waals surface area (Å²) < 4.78 is 10.8. The summed E-state index contributed by atoms with van der Waals surface area (Å²) in [6, 6.07) is 12.1. The molecule has 3 N–H and O–H groups in total. The van der Waals surface area contributed by atoms with Crippen molar-refractivity contribution >= 4 is 29.0 Å². The van der Waals surface area contributed by atoms with Crippen molar-refractivity contribution in [1.29, 1.82) is 0 Å². The molecule has 8 heteroatoms. The number of H-pyrrole nitrogens is 1. The highest BCUT2D eigenvalue weighted by atomic mass is 35.5. The average Bonchev–Trinajstić information content (AvgIpc) is 3.27. The van der Waals surface area contributed by atoms with E-state index in [9.17, 15) is 4.79 Å². The Morgan fingerprint density at radius 3 is 2.85 bits per heavy atom. The fourth-order valence-electron chi connectivity index (χ4n) is 2.86. The van der Waals surface area contributed by atoms with Crippen LogP contribution < -0.4 is 20.1 Å². The first-order valence-electron chi connectivity index (χ1n) is 8.45. The van der Waals surface area contributed by atoms with Gasteiger partial charge >= 0.3 is 6.03 Å². The zero-order valence-electron chi connectivity index (χ0n) is 14.5. The third-order valence-electron chi connectivity index (χ3n) is 4.16. The molecule has 7 nitrogen and oxygen atoms in total. The van der Waals surface area contributed by atoms with Crippen LogP contribution in [0.15, 0.2) is 42.5 Å². The van der Waals surface area contributed by atoms with Gasteiger partial charge in [0.25, 0.3) is 0 Å². The largest absolute Gasteiger partial charge is 0.454 e. The molecule has 0 aliphatic carbocycles. The van der Waals surface area contributed by atoms with Gasteiger partial charge in [0.15, 0.2) is 11.5 Å². The number of aromatic amines is 1. The normalized spacial score (nSPS) is 12.1. The number of urea groups is 1. The first-order valence-corrected chi connectivity index (χ1v) is 8.82. The molecule has 0 atom stereocenters. The summed E-state index contributed by atoms with van der Waals surface area (Å²) in [5.74, 6) is 1.35. The number of aryl methyl sites for hydroxylation is 1. The van der Waals surface area contributed by atoms with E-state index in [1.165, 1.54) is 0 Å². The lowest BCUT2D eigenvalue weighted by atomic mass is 10.1. The maximum atomic E-state index is 12.5. The molecule has 0 bridgehead atoms. The molecule has 2 amide bonds. The molecule has 3 aromatic rings. The lowest BCUT2D eigenvalue weighted by molar-refractivity contribution is 0.174. The van der Waals surface area contributed by atoms with Gasteiger partial charge in [-0.1, -0.05) is 24.6 Å².